The average molecular weight is 204 g/mol. The van der Waals surface area contributed by atoms with Crippen LogP contribution in [0.2, 0.25) is 0 Å². The van der Waals surface area contributed by atoms with E-state index in [1.165, 1.54) is 11.1 Å². The minimum absolute atomic E-state index is 0.127. The molecular formula is C14H17F. The molecule has 0 unspecified atom stereocenters. The maximum atomic E-state index is 13.2. The van der Waals surface area contributed by atoms with Crippen LogP contribution in [0.1, 0.15) is 37.5 Å². The minimum Gasteiger partial charge on any atom is -0.207 e. The van der Waals surface area contributed by atoms with Gasteiger partial charge >= 0.3 is 0 Å². The Morgan fingerprint density at radius 3 is 2.47 bits per heavy atom. The van der Waals surface area contributed by atoms with Crippen LogP contribution in [0.4, 0.5) is 4.39 Å². The summed E-state index contributed by atoms with van der Waals surface area (Å²) in [6, 6.07) is 3.26. The van der Waals surface area contributed by atoms with Crippen molar-refractivity contribution >= 4 is 6.08 Å². The predicted molar refractivity (Wildman–Crippen MR) is 62.3 cm³/mol. The summed E-state index contributed by atoms with van der Waals surface area (Å²) in [7, 11) is 0. The van der Waals surface area contributed by atoms with Gasteiger partial charge in [0.2, 0.25) is 0 Å². The molecule has 1 heteroatoms. The van der Waals surface area contributed by atoms with Crippen LogP contribution in [0.3, 0.4) is 0 Å². The van der Waals surface area contributed by atoms with E-state index in [2.05, 4.69) is 26.8 Å². The number of hydrogen-bond acceptors (Lipinski definition) is 0. The first-order chi connectivity index (χ1) is 6.88. The van der Waals surface area contributed by atoms with E-state index in [1.807, 2.05) is 6.92 Å². The van der Waals surface area contributed by atoms with Gasteiger partial charge in [0.1, 0.15) is 5.82 Å². The molecule has 1 aromatic rings. The van der Waals surface area contributed by atoms with Gasteiger partial charge < -0.3 is 0 Å². The van der Waals surface area contributed by atoms with Crippen molar-refractivity contribution in [3.63, 3.8) is 0 Å². The second-order valence-corrected chi connectivity index (χ2v) is 5.39. The Morgan fingerprint density at radius 2 is 1.87 bits per heavy atom. The van der Waals surface area contributed by atoms with E-state index >= 15 is 0 Å². The zero-order valence-electron chi connectivity index (χ0n) is 9.82. The van der Waals surface area contributed by atoms with Crippen LogP contribution in [-0.2, 0) is 6.42 Å². The Balaban J connectivity index is 2.47. The molecule has 0 heterocycles. The quantitative estimate of drug-likeness (QED) is 0.596. The highest BCUT2D eigenvalue weighted by Crippen LogP contribution is 2.37. The topological polar surface area (TPSA) is 0 Å². The van der Waals surface area contributed by atoms with Crippen LogP contribution < -0.4 is 0 Å². The Labute approximate surface area is 90.8 Å². The Bertz CT molecular complexity index is 433. The zero-order chi connectivity index (χ0) is 11.2. The van der Waals surface area contributed by atoms with Crippen LogP contribution in [0.25, 0.3) is 6.08 Å². The molecule has 1 aliphatic carbocycles. The number of rotatable bonds is 0. The molecule has 80 valence electrons. The number of aryl methyl sites for hydroxylation is 1. The molecule has 1 aliphatic rings. The molecule has 0 aromatic heterocycles. The van der Waals surface area contributed by atoms with E-state index in [0.29, 0.717) is 0 Å². The summed E-state index contributed by atoms with van der Waals surface area (Å²) >= 11 is 0. The molecule has 0 saturated heterocycles. The third kappa shape index (κ3) is 1.83. The zero-order valence-corrected chi connectivity index (χ0v) is 9.82. The molecule has 0 atom stereocenters. The van der Waals surface area contributed by atoms with Gasteiger partial charge in [-0.3, -0.25) is 0 Å². The van der Waals surface area contributed by atoms with Crippen molar-refractivity contribution in [3.05, 3.63) is 40.2 Å². The first kappa shape index (κ1) is 10.4. The maximum absolute atomic E-state index is 13.2. The maximum Gasteiger partial charge on any atom is 0.124 e. The van der Waals surface area contributed by atoms with Crippen LogP contribution in [-0.4, -0.2) is 0 Å². The van der Waals surface area contributed by atoms with Crippen LogP contribution in [0.5, 0.6) is 0 Å². The van der Waals surface area contributed by atoms with Gasteiger partial charge in [-0.15, -0.1) is 0 Å². The molecule has 0 N–H and O–H groups in total. The number of benzene rings is 1. The first-order valence-electron chi connectivity index (χ1n) is 5.38. The fourth-order valence-corrected chi connectivity index (χ4v) is 2.08. The second kappa shape index (κ2) is 3.19. The lowest BCUT2D eigenvalue weighted by molar-refractivity contribution is 0.498. The number of allylic oxidation sites excluding steroid dienone is 1. The molecule has 15 heavy (non-hydrogen) atoms. The van der Waals surface area contributed by atoms with Crippen molar-refractivity contribution in [2.45, 2.75) is 34.1 Å². The molecule has 0 saturated carbocycles. The monoisotopic (exact) mass is 204 g/mol. The molecule has 0 aliphatic heterocycles. The first-order valence-corrected chi connectivity index (χ1v) is 5.38. The third-order valence-electron chi connectivity index (χ3n) is 3.13. The summed E-state index contributed by atoms with van der Waals surface area (Å²) in [5.41, 5.74) is 5.01. The summed E-state index contributed by atoms with van der Waals surface area (Å²) in [5.74, 6) is -0.127. The highest BCUT2D eigenvalue weighted by molar-refractivity contribution is 5.66. The molecule has 0 radical (unpaired) electrons. The van der Waals surface area contributed by atoms with Gasteiger partial charge in [-0.05, 0) is 47.6 Å². The van der Waals surface area contributed by atoms with Crippen molar-refractivity contribution in [1.82, 2.24) is 0 Å². The fourth-order valence-electron chi connectivity index (χ4n) is 2.08. The highest BCUT2D eigenvalue weighted by Gasteiger charge is 2.24. The Hall–Kier alpha value is -1.11. The predicted octanol–water partition coefficient (Wildman–Crippen LogP) is 4.12. The Kier molecular flexibility index (Phi) is 2.22. The lowest BCUT2D eigenvalue weighted by Crippen LogP contribution is -2.09. The van der Waals surface area contributed by atoms with Gasteiger partial charge in [0.25, 0.3) is 0 Å². The minimum atomic E-state index is -0.127. The number of hydrogen-bond donors (Lipinski definition) is 0. The smallest absolute Gasteiger partial charge is 0.124 e. The van der Waals surface area contributed by atoms with E-state index < -0.39 is 0 Å². The summed E-state index contributed by atoms with van der Waals surface area (Å²) in [4.78, 5) is 0. The molecule has 0 fully saturated rings. The van der Waals surface area contributed by atoms with Crippen LogP contribution >= 0.6 is 0 Å². The van der Waals surface area contributed by atoms with Gasteiger partial charge in [0.05, 0.1) is 0 Å². The highest BCUT2D eigenvalue weighted by atomic mass is 19.1. The molecule has 1 aromatic carbocycles. The Morgan fingerprint density at radius 1 is 1.20 bits per heavy atom. The second-order valence-electron chi connectivity index (χ2n) is 5.39. The number of fused-ring (bicyclic) bond motifs is 1. The molecule has 0 nitrogen and oxygen atoms in total. The summed E-state index contributed by atoms with van der Waals surface area (Å²) in [5, 5.41) is 0. The van der Waals surface area contributed by atoms with Crippen molar-refractivity contribution in [1.29, 1.82) is 0 Å². The SMILES string of the molecule is Cc1cc(F)cc2c1CC(C(C)(C)C)=C2. The van der Waals surface area contributed by atoms with E-state index in [4.69, 9.17) is 0 Å². The van der Waals surface area contributed by atoms with Gasteiger partial charge in [-0.25, -0.2) is 4.39 Å². The largest absolute Gasteiger partial charge is 0.207 e. The van der Waals surface area contributed by atoms with Crippen molar-refractivity contribution in [2.75, 3.05) is 0 Å². The van der Waals surface area contributed by atoms with Gasteiger partial charge in [0.15, 0.2) is 0 Å². The molecule has 0 amide bonds. The van der Waals surface area contributed by atoms with E-state index in [9.17, 15) is 4.39 Å². The average Bonchev–Trinajstić information content (AvgIpc) is 2.46. The third-order valence-corrected chi connectivity index (χ3v) is 3.13. The van der Waals surface area contributed by atoms with Crippen molar-refractivity contribution in [3.8, 4) is 0 Å². The molecule has 0 bridgehead atoms. The lowest BCUT2D eigenvalue weighted by atomic mass is 9.85. The van der Waals surface area contributed by atoms with Crippen molar-refractivity contribution < 1.29 is 4.39 Å². The normalized spacial score (nSPS) is 15.1. The fraction of sp³-hybridized carbons (Fsp3) is 0.429. The lowest BCUT2D eigenvalue weighted by Gasteiger charge is -2.20. The molecule has 2 rings (SSSR count). The van der Waals surface area contributed by atoms with Crippen LogP contribution in [0.15, 0.2) is 17.7 Å². The van der Waals surface area contributed by atoms with Crippen molar-refractivity contribution in [2.24, 2.45) is 5.41 Å². The summed E-state index contributed by atoms with van der Waals surface area (Å²) in [6.45, 7) is 8.60. The summed E-state index contributed by atoms with van der Waals surface area (Å²) < 4.78 is 13.2. The van der Waals surface area contributed by atoms with Gasteiger partial charge in [0, 0.05) is 0 Å². The molecular weight excluding hydrogens is 187 g/mol. The van der Waals surface area contributed by atoms with E-state index in [-0.39, 0.29) is 11.2 Å². The van der Waals surface area contributed by atoms with Gasteiger partial charge in [-0.2, -0.15) is 0 Å². The van der Waals surface area contributed by atoms with Gasteiger partial charge in [-0.1, -0.05) is 32.4 Å². The molecule has 0 spiro atoms. The van der Waals surface area contributed by atoms with Crippen LogP contribution in [0, 0.1) is 18.2 Å². The van der Waals surface area contributed by atoms with E-state index in [1.54, 1.807) is 12.1 Å². The summed E-state index contributed by atoms with van der Waals surface area (Å²) in [6.07, 6.45) is 3.12. The standard InChI is InChI=1S/C14H17F/c1-9-5-12(15)7-10-6-11(8-13(9)10)14(2,3)4/h5-7H,8H2,1-4H3. The van der Waals surface area contributed by atoms with E-state index in [0.717, 1.165) is 17.5 Å². The number of halogens is 1.